The molecule has 0 saturated heterocycles. The molecular weight excluding hydrogens is 354 g/mol. The third-order valence-electron chi connectivity index (χ3n) is 4.64. The maximum absolute atomic E-state index is 11.8. The van der Waals surface area contributed by atoms with Crippen molar-refractivity contribution in [2.75, 3.05) is 16.8 Å². The Bertz CT molecular complexity index is 990. The van der Waals surface area contributed by atoms with Gasteiger partial charge in [0.05, 0.1) is 18.4 Å². The van der Waals surface area contributed by atoms with Crippen LogP contribution in [0.5, 0.6) is 0 Å². The number of nitrogens with one attached hydrogen (secondary N) is 1. The molecule has 0 amide bonds. The lowest BCUT2D eigenvalue weighted by Crippen LogP contribution is -2.26. The van der Waals surface area contributed by atoms with Gasteiger partial charge in [0.1, 0.15) is 0 Å². The van der Waals surface area contributed by atoms with Crippen LogP contribution in [0.4, 0.5) is 23.1 Å². The largest absolute Gasteiger partial charge is 0.462 e. The Hall–Kier alpha value is -3.48. The van der Waals surface area contributed by atoms with E-state index in [0.29, 0.717) is 23.9 Å². The number of aromatic nitrogens is 3. The van der Waals surface area contributed by atoms with Crippen LogP contribution < -0.4 is 10.2 Å². The number of ether oxygens (including phenoxy) is 1. The number of hydrogen-bond acceptors (Lipinski definition) is 7. The van der Waals surface area contributed by atoms with Gasteiger partial charge in [0.2, 0.25) is 0 Å². The standard InChI is InChI=1S/C21H21N5O2/c1-3-28-20(27)15-8-10-17(11-9-15)23-19-13-22-25-21(24-19)26-14(2)12-16-6-4-5-7-18(16)26/h4-11,13-14H,3,12H2,1-2H3,(H,23,24,25). The molecule has 0 aliphatic carbocycles. The number of nitrogens with zero attached hydrogens (tertiary/aromatic N) is 4. The molecular formula is C21H21N5O2. The second kappa shape index (κ2) is 7.64. The molecule has 28 heavy (non-hydrogen) atoms. The lowest BCUT2D eigenvalue weighted by Gasteiger charge is -2.22. The van der Waals surface area contributed by atoms with Crippen LogP contribution in [0.25, 0.3) is 0 Å². The number of rotatable bonds is 5. The average molecular weight is 375 g/mol. The summed E-state index contributed by atoms with van der Waals surface area (Å²) < 4.78 is 5.00. The quantitative estimate of drug-likeness (QED) is 0.678. The van der Waals surface area contributed by atoms with E-state index >= 15 is 0 Å². The molecule has 7 nitrogen and oxygen atoms in total. The lowest BCUT2D eigenvalue weighted by molar-refractivity contribution is 0.0526. The number of carbonyl (C=O) groups is 1. The minimum absolute atomic E-state index is 0.262. The van der Waals surface area contributed by atoms with Crippen LogP contribution in [0.3, 0.4) is 0 Å². The van der Waals surface area contributed by atoms with Gasteiger partial charge in [-0.2, -0.15) is 10.1 Å². The maximum Gasteiger partial charge on any atom is 0.338 e. The van der Waals surface area contributed by atoms with Crippen molar-refractivity contribution in [2.45, 2.75) is 26.3 Å². The smallest absolute Gasteiger partial charge is 0.338 e. The number of esters is 1. The topological polar surface area (TPSA) is 80.2 Å². The molecule has 142 valence electrons. The molecule has 1 N–H and O–H groups in total. The van der Waals surface area contributed by atoms with E-state index in [9.17, 15) is 4.79 Å². The first-order chi connectivity index (χ1) is 13.7. The first-order valence-electron chi connectivity index (χ1n) is 9.27. The van der Waals surface area contributed by atoms with Gasteiger partial charge in [0, 0.05) is 17.4 Å². The number of fused-ring (bicyclic) bond motifs is 1. The summed E-state index contributed by atoms with van der Waals surface area (Å²) in [5, 5.41) is 11.6. The number of benzene rings is 2. The van der Waals surface area contributed by atoms with Gasteiger partial charge in [0.15, 0.2) is 5.82 Å². The summed E-state index contributed by atoms with van der Waals surface area (Å²) in [6.07, 6.45) is 2.53. The van der Waals surface area contributed by atoms with Gasteiger partial charge in [-0.15, -0.1) is 5.10 Å². The van der Waals surface area contributed by atoms with Gasteiger partial charge in [-0.1, -0.05) is 18.2 Å². The molecule has 1 unspecified atom stereocenters. The minimum atomic E-state index is -0.332. The summed E-state index contributed by atoms with van der Waals surface area (Å²) in [6, 6.07) is 15.6. The van der Waals surface area contributed by atoms with E-state index in [2.05, 4.69) is 44.5 Å². The van der Waals surface area contributed by atoms with Crippen molar-refractivity contribution in [3.05, 3.63) is 65.9 Å². The van der Waals surface area contributed by atoms with E-state index in [-0.39, 0.29) is 12.0 Å². The first-order valence-corrected chi connectivity index (χ1v) is 9.27. The van der Waals surface area contributed by atoms with Gasteiger partial charge in [-0.25, -0.2) is 4.79 Å². The average Bonchev–Trinajstić information content (AvgIpc) is 3.04. The fraction of sp³-hybridized carbons (Fsp3) is 0.238. The summed E-state index contributed by atoms with van der Waals surface area (Å²) in [5.41, 5.74) is 3.71. The van der Waals surface area contributed by atoms with Gasteiger partial charge in [-0.05, 0) is 56.2 Å². The summed E-state index contributed by atoms with van der Waals surface area (Å²) in [5.74, 6) is 0.817. The van der Waals surface area contributed by atoms with E-state index < -0.39 is 0 Å². The molecule has 4 rings (SSSR count). The SMILES string of the molecule is CCOC(=O)c1ccc(Nc2cnnc(N3c4ccccc4CC3C)n2)cc1. The predicted octanol–water partition coefficient (Wildman–Crippen LogP) is 3.87. The number of para-hydroxylation sites is 1. The van der Waals surface area contributed by atoms with Gasteiger partial charge in [0.25, 0.3) is 5.95 Å². The van der Waals surface area contributed by atoms with Crippen LogP contribution in [0.15, 0.2) is 54.7 Å². The van der Waals surface area contributed by atoms with Crippen LogP contribution in [-0.4, -0.2) is 33.8 Å². The fourth-order valence-electron chi connectivity index (χ4n) is 3.38. The van der Waals surface area contributed by atoms with E-state index in [1.54, 1.807) is 25.3 Å². The zero-order valence-corrected chi connectivity index (χ0v) is 15.8. The Labute approximate surface area is 163 Å². The van der Waals surface area contributed by atoms with E-state index in [4.69, 9.17) is 4.74 Å². The molecule has 0 radical (unpaired) electrons. The van der Waals surface area contributed by atoms with Crippen molar-refractivity contribution in [2.24, 2.45) is 0 Å². The van der Waals surface area contributed by atoms with Gasteiger partial charge >= 0.3 is 5.97 Å². The molecule has 7 heteroatoms. The molecule has 1 atom stereocenters. The molecule has 1 aliphatic rings. The van der Waals surface area contributed by atoms with Crippen molar-refractivity contribution < 1.29 is 9.53 Å². The Morgan fingerprint density at radius 1 is 1.21 bits per heavy atom. The Morgan fingerprint density at radius 3 is 2.79 bits per heavy atom. The van der Waals surface area contributed by atoms with E-state index in [0.717, 1.165) is 17.8 Å². The highest BCUT2D eigenvalue weighted by Gasteiger charge is 2.29. The third-order valence-corrected chi connectivity index (χ3v) is 4.64. The number of anilines is 4. The van der Waals surface area contributed by atoms with Crippen LogP contribution >= 0.6 is 0 Å². The lowest BCUT2D eigenvalue weighted by atomic mass is 10.1. The minimum Gasteiger partial charge on any atom is -0.462 e. The van der Waals surface area contributed by atoms with Crippen molar-refractivity contribution in [1.29, 1.82) is 0 Å². The predicted molar refractivity (Wildman–Crippen MR) is 107 cm³/mol. The molecule has 2 aromatic carbocycles. The molecule has 0 fully saturated rings. The Morgan fingerprint density at radius 2 is 2.00 bits per heavy atom. The zero-order chi connectivity index (χ0) is 19.5. The van der Waals surface area contributed by atoms with Gasteiger partial charge in [-0.3, -0.25) is 0 Å². The van der Waals surface area contributed by atoms with Crippen molar-refractivity contribution in [1.82, 2.24) is 15.2 Å². The third kappa shape index (κ3) is 3.51. The number of carbonyl (C=O) groups excluding carboxylic acids is 1. The van der Waals surface area contributed by atoms with Crippen molar-refractivity contribution in [3.8, 4) is 0 Å². The number of hydrogen-bond donors (Lipinski definition) is 1. The normalized spacial score (nSPS) is 15.2. The molecule has 2 heterocycles. The second-order valence-corrected chi connectivity index (χ2v) is 6.62. The Balaban J connectivity index is 1.54. The van der Waals surface area contributed by atoms with Crippen LogP contribution in [0.2, 0.25) is 0 Å². The van der Waals surface area contributed by atoms with E-state index in [1.165, 1.54) is 5.56 Å². The van der Waals surface area contributed by atoms with Crippen molar-refractivity contribution in [3.63, 3.8) is 0 Å². The Kier molecular flexibility index (Phi) is 4.89. The molecule has 0 spiro atoms. The second-order valence-electron chi connectivity index (χ2n) is 6.62. The summed E-state index contributed by atoms with van der Waals surface area (Å²) in [7, 11) is 0. The monoisotopic (exact) mass is 375 g/mol. The van der Waals surface area contributed by atoms with Crippen LogP contribution in [0.1, 0.15) is 29.8 Å². The summed E-state index contributed by atoms with van der Waals surface area (Å²) in [4.78, 5) is 18.5. The summed E-state index contributed by atoms with van der Waals surface area (Å²) in [6.45, 7) is 4.29. The maximum atomic E-state index is 11.8. The fourth-order valence-corrected chi connectivity index (χ4v) is 3.38. The first kappa shape index (κ1) is 17.9. The molecule has 1 aromatic heterocycles. The highest BCUT2D eigenvalue weighted by molar-refractivity contribution is 5.89. The highest BCUT2D eigenvalue weighted by atomic mass is 16.5. The molecule has 0 saturated carbocycles. The summed E-state index contributed by atoms with van der Waals surface area (Å²) >= 11 is 0. The van der Waals surface area contributed by atoms with Crippen LogP contribution in [0, 0.1) is 0 Å². The highest BCUT2D eigenvalue weighted by Crippen LogP contribution is 2.36. The molecule has 1 aliphatic heterocycles. The van der Waals surface area contributed by atoms with Crippen molar-refractivity contribution >= 4 is 29.1 Å². The molecule has 3 aromatic rings. The van der Waals surface area contributed by atoms with E-state index in [1.807, 2.05) is 24.3 Å². The zero-order valence-electron chi connectivity index (χ0n) is 15.8. The van der Waals surface area contributed by atoms with Gasteiger partial charge < -0.3 is 15.0 Å². The van der Waals surface area contributed by atoms with Crippen LogP contribution in [-0.2, 0) is 11.2 Å². The molecule has 0 bridgehead atoms.